The van der Waals surface area contributed by atoms with Crippen molar-refractivity contribution >= 4 is 15.8 Å². The zero-order valence-corrected chi connectivity index (χ0v) is 10.4. The van der Waals surface area contributed by atoms with Crippen LogP contribution in [0.15, 0.2) is 11.1 Å². The molecule has 1 saturated heterocycles. The summed E-state index contributed by atoms with van der Waals surface area (Å²) in [7, 11) is -2.03. The third-order valence-electron chi connectivity index (χ3n) is 2.80. The molecule has 0 bridgehead atoms. The van der Waals surface area contributed by atoms with E-state index in [2.05, 4.69) is 5.10 Å². The van der Waals surface area contributed by atoms with Crippen LogP contribution in [-0.2, 0) is 17.1 Å². The molecule has 0 aliphatic carbocycles. The largest absolute Gasteiger partial charge is 0.392 e. The highest BCUT2D eigenvalue weighted by atomic mass is 32.2. The number of aliphatic hydroxyl groups is 1. The molecule has 1 aromatic rings. The Bertz CT molecular complexity index is 510. The zero-order valence-electron chi connectivity index (χ0n) is 9.57. The van der Waals surface area contributed by atoms with Gasteiger partial charge in [0, 0.05) is 26.3 Å². The number of piperidine rings is 1. The minimum Gasteiger partial charge on any atom is -0.392 e. The lowest BCUT2D eigenvalue weighted by atomic mass is 10.1. The average molecular weight is 260 g/mol. The molecule has 7 nitrogen and oxygen atoms in total. The summed E-state index contributed by atoms with van der Waals surface area (Å²) in [5.74, 6) is -0.00689. The van der Waals surface area contributed by atoms with Gasteiger partial charge in [0.15, 0.2) is 5.82 Å². The fourth-order valence-electron chi connectivity index (χ4n) is 1.96. The normalized spacial score (nSPS) is 22.8. The maximum absolute atomic E-state index is 12.2. The molecule has 3 N–H and O–H groups in total. The molecule has 0 unspecified atom stereocenters. The minimum atomic E-state index is -3.64. The van der Waals surface area contributed by atoms with Crippen LogP contribution in [0.2, 0.25) is 0 Å². The lowest BCUT2D eigenvalue weighted by Gasteiger charge is -2.28. The van der Waals surface area contributed by atoms with Crippen LogP contribution in [0, 0.1) is 0 Å². The third-order valence-corrected chi connectivity index (χ3v) is 4.68. The van der Waals surface area contributed by atoms with E-state index in [9.17, 15) is 13.5 Å². The highest BCUT2D eigenvalue weighted by molar-refractivity contribution is 7.89. The monoisotopic (exact) mass is 260 g/mol. The number of nitrogens with zero attached hydrogens (tertiary/aromatic N) is 3. The molecule has 2 rings (SSSR count). The van der Waals surface area contributed by atoms with Crippen LogP contribution >= 0.6 is 0 Å². The van der Waals surface area contributed by atoms with Crippen molar-refractivity contribution in [2.24, 2.45) is 7.05 Å². The standard InChI is InChI=1S/C9H16N4O3S/c1-12-6-8(9(10)11-12)17(15,16)13-4-2-3-7(14)5-13/h6-7,14H,2-5H2,1H3,(H2,10,11)/t7-/m0/s1. The number of aryl methyl sites for hydroxylation is 1. The summed E-state index contributed by atoms with van der Waals surface area (Å²) in [5.41, 5.74) is 5.57. The minimum absolute atomic E-state index is 0.00689. The van der Waals surface area contributed by atoms with Crippen LogP contribution in [-0.4, -0.2) is 46.8 Å². The molecule has 2 heterocycles. The molecule has 0 saturated carbocycles. The molecule has 0 aromatic carbocycles. The van der Waals surface area contributed by atoms with Crippen molar-refractivity contribution in [1.29, 1.82) is 0 Å². The summed E-state index contributed by atoms with van der Waals surface area (Å²) in [6.45, 7) is 0.532. The van der Waals surface area contributed by atoms with Gasteiger partial charge < -0.3 is 10.8 Å². The number of anilines is 1. The fourth-order valence-corrected chi connectivity index (χ4v) is 3.57. The van der Waals surface area contributed by atoms with Crippen molar-refractivity contribution in [3.8, 4) is 0 Å². The number of sulfonamides is 1. The zero-order chi connectivity index (χ0) is 12.6. The van der Waals surface area contributed by atoms with Crippen molar-refractivity contribution in [2.75, 3.05) is 18.8 Å². The lowest BCUT2D eigenvalue weighted by molar-refractivity contribution is 0.108. The molecular weight excluding hydrogens is 244 g/mol. The summed E-state index contributed by atoms with van der Waals surface area (Å²) >= 11 is 0. The second-order valence-electron chi connectivity index (χ2n) is 4.21. The Balaban J connectivity index is 2.33. The van der Waals surface area contributed by atoms with Crippen LogP contribution in [0.25, 0.3) is 0 Å². The first-order valence-electron chi connectivity index (χ1n) is 5.38. The Kier molecular flexibility index (Phi) is 3.11. The number of aromatic nitrogens is 2. The first-order valence-corrected chi connectivity index (χ1v) is 6.82. The van der Waals surface area contributed by atoms with E-state index in [-0.39, 0.29) is 17.3 Å². The van der Waals surface area contributed by atoms with E-state index in [1.165, 1.54) is 15.2 Å². The number of rotatable bonds is 2. The molecular formula is C9H16N4O3S. The van der Waals surface area contributed by atoms with Crippen molar-refractivity contribution in [3.05, 3.63) is 6.20 Å². The molecule has 1 aliphatic heterocycles. The molecule has 1 aromatic heterocycles. The van der Waals surface area contributed by atoms with E-state index in [0.717, 1.165) is 0 Å². The molecule has 0 amide bonds. The molecule has 0 spiro atoms. The van der Waals surface area contributed by atoms with Crippen LogP contribution < -0.4 is 5.73 Å². The van der Waals surface area contributed by atoms with Crippen molar-refractivity contribution in [1.82, 2.24) is 14.1 Å². The second kappa shape index (κ2) is 4.28. The molecule has 1 aliphatic rings. The Labute approximate surface area is 99.9 Å². The summed E-state index contributed by atoms with van der Waals surface area (Å²) in [5, 5.41) is 13.3. The van der Waals surface area contributed by atoms with Gasteiger partial charge in [0.05, 0.1) is 6.10 Å². The van der Waals surface area contributed by atoms with Gasteiger partial charge in [-0.2, -0.15) is 9.40 Å². The predicted octanol–water partition coefficient (Wildman–Crippen LogP) is -0.852. The summed E-state index contributed by atoms with van der Waals surface area (Å²) < 4.78 is 27.1. The van der Waals surface area contributed by atoms with Crippen LogP contribution in [0.4, 0.5) is 5.82 Å². The van der Waals surface area contributed by atoms with Gasteiger partial charge in [0.1, 0.15) is 4.90 Å². The van der Waals surface area contributed by atoms with Crippen molar-refractivity contribution in [2.45, 2.75) is 23.8 Å². The molecule has 96 valence electrons. The Hall–Kier alpha value is -1.12. The molecule has 17 heavy (non-hydrogen) atoms. The number of hydrogen-bond acceptors (Lipinski definition) is 5. The van der Waals surface area contributed by atoms with Gasteiger partial charge in [-0.15, -0.1) is 0 Å². The lowest BCUT2D eigenvalue weighted by Crippen LogP contribution is -2.42. The van der Waals surface area contributed by atoms with Crippen LogP contribution in [0.5, 0.6) is 0 Å². The maximum atomic E-state index is 12.2. The molecule has 8 heteroatoms. The third kappa shape index (κ3) is 2.28. The molecule has 1 fully saturated rings. The van der Waals surface area contributed by atoms with E-state index in [4.69, 9.17) is 5.73 Å². The number of nitrogen functional groups attached to an aromatic ring is 1. The number of nitrogens with two attached hydrogens (primary N) is 1. The number of aliphatic hydroxyl groups excluding tert-OH is 1. The SMILES string of the molecule is Cn1cc(S(=O)(=O)N2CCC[C@H](O)C2)c(N)n1. The van der Waals surface area contributed by atoms with E-state index >= 15 is 0 Å². The fraction of sp³-hybridized carbons (Fsp3) is 0.667. The van der Waals surface area contributed by atoms with Gasteiger partial charge in [-0.1, -0.05) is 0 Å². The smallest absolute Gasteiger partial charge is 0.248 e. The van der Waals surface area contributed by atoms with Gasteiger partial charge >= 0.3 is 0 Å². The van der Waals surface area contributed by atoms with Gasteiger partial charge in [-0.3, -0.25) is 4.68 Å². The van der Waals surface area contributed by atoms with Gasteiger partial charge in [0.25, 0.3) is 0 Å². The van der Waals surface area contributed by atoms with Crippen LogP contribution in [0.1, 0.15) is 12.8 Å². The van der Waals surface area contributed by atoms with E-state index in [1.54, 1.807) is 7.05 Å². The van der Waals surface area contributed by atoms with Crippen molar-refractivity contribution in [3.63, 3.8) is 0 Å². The second-order valence-corrected chi connectivity index (χ2v) is 6.12. The quantitative estimate of drug-likeness (QED) is 0.721. The highest BCUT2D eigenvalue weighted by Gasteiger charge is 2.32. The summed E-state index contributed by atoms with van der Waals surface area (Å²) in [6.07, 6.45) is 2.07. The average Bonchev–Trinajstić information content (AvgIpc) is 2.58. The number of β-amino-alcohol motifs (C(OH)–C–C–N with tert-alkyl or cyclic N) is 1. The first kappa shape index (κ1) is 12.3. The van der Waals surface area contributed by atoms with E-state index < -0.39 is 16.1 Å². The molecule has 1 atom stereocenters. The van der Waals surface area contributed by atoms with E-state index in [0.29, 0.717) is 19.4 Å². The van der Waals surface area contributed by atoms with Gasteiger partial charge in [-0.05, 0) is 12.8 Å². The highest BCUT2D eigenvalue weighted by Crippen LogP contribution is 2.23. The van der Waals surface area contributed by atoms with E-state index in [1.807, 2.05) is 0 Å². The topological polar surface area (TPSA) is 101 Å². The van der Waals surface area contributed by atoms with Gasteiger partial charge in [0.2, 0.25) is 10.0 Å². The first-order chi connectivity index (χ1) is 7.91. The Morgan fingerprint density at radius 2 is 2.29 bits per heavy atom. The van der Waals surface area contributed by atoms with Crippen LogP contribution in [0.3, 0.4) is 0 Å². The van der Waals surface area contributed by atoms with Crippen molar-refractivity contribution < 1.29 is 13.5 Å². The molecule has 0 radical (unpaired) electrons. The Morgan fingerprint density at radius 1 is 1.59 bits per heavy atom. The van der Waals surface area contributed by atoms with Gasteiger partial charge in [-0.25, -0.2) is 8.42 Å². The number of hydrogen-bond donors (Lipinski definition) is 2. The predicted molar refractivity (Wildman–Crippen MR) is 61.6 cm³/mol. The summed E-state index contributed by atoms with van der Waals surface area (Å²) in [6, 6.07) is 0. The summed E-state index contributed by atoms with van der Waals surface area (Å²) in [4.78, 5) is 0.00843. The Morgan fingerprint density at radius 3 is 2.82 bits per heavy atom. The maximum Gasteiger partial charge on any atom is 0.248 e.